The van der Waals surface area contributed by atoms with Gasteiger partial charge in [-0.3, -0.25) is 10.00 Å². The Labute approximate surface area is 197 Å². The summed E-state index contributed by atoms with van der Waals surface area (Å²) in [5.41, 5.74) is 4.39. The Balaban J connectivity index is 1.56. The standard InChI is InChI=1S/C27H23FN6/c1-3-10-33-14-27(15-33)9-11-34(16-27)26-19(12-29)24(18-5-4-6-21(28)25(18)31-26)23-17(2)7-8-22-20(23)13-30-32-22/h1,4-8,13H,9-11,14-16H2,2H3,(H,30,32). The van der Waals surface area contributed by atoms with Gasteiger partial charge in [0.25, 0.3) is 0 Å². The van der Waals surface area contributed by atoms with E-state index >= 15 is 4.39 Å². The Morgan fingerprint density at radius 1 is 1.18 bits per heavy atom. The largest absolute Gasteiger partial charge is 0.355 e. The molecule has 2 aromatic carbocycles. The summed E-state index contributed by atoms with van der Waals surface area (Å²) >= 11 is 0. The second kappa shape index (κ2) is 7.55. The molecule has 0 amide bonds. The van der Waals surface area contributed by atoms with Gasteiger partial charge < -0.3 is 4.90 Å². The van der Waals surface area contributed by atoms with Crippen molar-refractivity contribution in [3.8, 4) is 29.5 Å². The lowest BCUT2D eigenvalue weighted by Gasteiger charge is -2.47. The molecule has 0 radical (unpaired) electrons. The van der Waals surface area contributed by atoms with Crippen LogP contribution in [0.5, 0.6) is 0 Å². The highest BCUT2D eigenvalue weighted by Crippen LogP contribution is 2.45. The number of fused-ring (bicyclic) bond motifs is 2. The van der Waals surface area contributed by atoms with Crippen molar-refractivity contribution in [1.29, 1.82) is 5.26 Å². The van der Waals surface area contributed by atoms with Crippen LogP contribution in [-0.2, 0) is 0 Å². The Morgan fingerprint density at radius 3 is 2.82 bits per heavy atom. The lowest BCUT2D eigenvalue weighted by atomic mass is 9.79. The number of aromatic amines is 1. The molecular formula is C27H23FN6. The number of anilines is 1. The van der Waals surface area contributed by atoms with E-state index < -0.39 is 0 Å². The Kier molecular flexibility index (Phi) is 4.58. The van der Waals surface area contributed by atoms with E-state index in [0.717, 1.165) is 60.2 Å². The van der Waals surface area contributed by atoms with E-state index in [1.165, 1.54) is 6.07 Å². The number of para-hydroxylation sites is 1. The molecule has 0 aliphatic carbocycles. The quantitative estimate of drug-likeness (QED) is 0.473. The number of nitriles is 1. The normalized spacial score (nSPS) is 17.2. The number of hydrogen-bond donors (Lipinski definition) is 1. The summed E-state index contributed by atoms with van der Waals surface area (Å²) in [6, 6.07) is 11.4. The molecule has 1 spiro atoms. The van der Waals surface area contributed by atoms with Gasteiger partial charge in [-0.25, -0.2) is 9.37 Å². The van der Waals surface area contributed by atoms with Gasteiger partial charge in [0.1, 0.15) is 28.8 Å². The van der Waals surface area contributed by atoms with Crippen molar-refractivity contribution in [1.82, 2.24) is 20.1 Å². The summed E-state index contributed by atoms with van der Waals surface area (Å²) in [5, 5.41) is 19.2. The van der Waals surface area contributed by atoms with Crippen LogP contribution < -0.4 is 4.90 Å². The van der Waals surface area contributed by atoms with Gasteiger partial charge >= 0.3 is 0 Å². The second-order valence-corrected chi connectivity index (χ2v) is 9.54. The highest BCUT2D eigenvalue weighted by Gasteiger charge is 2.48. The molecule has 6 rings (SSSR count). The molecular weight excluding hydrogens is 427 g/mol. The molecule has 0 saturated carbocycles. The summed E-state index contributed by atoms with van der Waals surface area (Å²) in [6.07, 6.45) is 8.24. The highest BCUT2D eigenvalue weighted by molar-refractivity contribution is 6.08. The van der Waals surface area contributed by atoms with Gasteiger partial charge in [-0.2, -0.15) is 10.4 Å². The molecule has 34 heavy (non-hydrogen) atoms. The number of nitrogens with zero attached hydrogens (tertiary/aromatic N) is 5. The van der Waals surface area contributed by atoms with Crippen LogP contribution in [0.15, 0.2) is 36.5 Å². The van der Waals surface area contributed by atoms with Crippen molar-refractivity contribution in [3.05, 3.63) is 53.5 Å². The van der Waals surface area contributed by atoms with Crippen LogP contribution in [0.4, 0.5) is 10.2 Å². The van der Waals surface area contributed by atoms with Gasteiger partial charge in [0.05, 0.1) is 18.3 Å². The summed E-state index contributed by atoms with van der Waals surface area (Å²) in [5.74, 6) is 2.88. The Bertz CT molecular complexity index is 1530. The molecule has 7 heteroatoms. The van der Waals surface area contributed by atoms with Gasteiger partial charge in [-0.05, 0) is 36.6 Å². The molecule has 2 fully saturated rings. The summed E-state index contributed by atoms with van der Waals surface area (Å²) in [6.45, 7) is 6.11. The van der Waals surface area contributed by atoms with Crippen molar-refractivity contribution in [2.45, 2.75) is 13.3 Å². The number of benzene rings is 2. The molecule has 1 N–H and O–H groups in total. The lowest BCUT2D eigenvalue weighted by molar-refractivity contribution is 0.0305. The maximum atomic E-state index is 15.1. The van der Waals surface area contributed by atoms with Crippen LogP contribution in [-0.4, -0.2) is 52.8 Å². The third-order valence-electron chi connectivity index (χ3n) is 7.31. The van der Waals surface area contributed by atoms with E-state index in [1.54, 1.807) is 12.3 Å². The van der Waals surface area contributed by atoms with Crippen molar-refractivity contribution in [2.75, 3.05) is 37.6 Å². The monoisotopic (exact) mass is 450 g/mol. The van der Waals surface area contributed by atoms with Gasteiger partial charge in [0.15, 0.2) is 0 Å². The molecule has 2 aromatic heterocycles. The van der Waals surface area contributed by atoms with Crippen molar-refractivity contribution >= 4 is 27.6 Å². The third kappa shape index (κ3) is 2.98. The lowest BCUT2D eigenvalue weighted by Crippen LogP contribution is -2.57. The molecule has 0 bridgehead atoms. The van der Waals surface area contributed by atoms with E-state index in [-0.39, 0.29) is 16.7 Å². The first-order chi connectivity index (χ1) is 16.5. The number of aryl methyl sites for hydroxylation is 1. The average Bonchev–Trinajstić information content (AvgIpc) is 3.46. The van der Waals surface area contributed by atoms with E-state index in [9.17, 15) is 5.26 Å². The van der Waals surface area contributed by atoms with Gasteiger partial charge in [-0.1, -0.05) is 24.1 Å². The zero-order chi connectivity index (χ0) is 23.4. The van der Waals surface area contributed by atoms with Crippen LogP contribution in [0.2, 0.25) is 0 Å². The number of nitrogens with one attached hydrogen (secondary N) is 1. The van der Waals surface area contributed by atoms with E-state index in [2.05, 4.69) is 32.0 Å². The number of aromatic nitrogens is 3. The fraction of sp³-hybridized carbons (Fsp3) is 0.296. The zero-order valence-electron chi connectivity index (χ0n) is 18.9. The topological polar surface area (TPSA) is 71.8 Å². The van der Waals surface area contributed by atoms with E-state index in [0.29, 0.717) is 23.3 Å². The number of halogens is 1. The number of hydrogen-bond acceptors (Lipinski definition) is 5. The second-order valence-electron chi connectivity index (χ2n) is 9.54. The average molecular weight is 451 g/mol. The fourth-order valence-electron chi connectivity index (χ4n) is 5.81. The molecule has 6 nitrogen and oxygen atoms in total. The van der Waals surface area contributed by atoms with Crippen LogP contribution in [0.3, 0.4) is 0 Å². The zero-order valence-corrected chi connectivity index (χ0v) is 18.9. The fourth-order valence-corrected chi connectivity index (χ4v) is 5.81. The summed E-state index contributed by atoms with van der Waals surface area (Å²) in [7, 11) is 0. The molecule has 2 saturated heterocycles. The van der Waals surface area contributed by atoms with Gasteiger partial charge in [0, 0.05) is 47.9 Å². The first-order valence-corrected chi connectivity index (χ1v) is 11.4. The minimum absolute atomic E-state index is 0.149. The summed E-state index contributed by atoms with van der Waals surface area (Å²) in [4.78, 5) is 9.17. The number of pyridine rings is 1. The van der Waals surface area contributed by atoms with E-state index in [4.69, 9.17) is 11.4 Å². The van der Waals surface area contributed by atoms with Crippen LogP contribution in [0, 0.1) is 41.8 Å². The summed E-state index contributed by atoms with van der Waals surface area (Å²) < 4.78 is 15.1. The van der Waals surface area contributed by atoms with Crippen LogP contribution >= 0.6 is 0 Å². The molecule has 0 atom stereocenters. The predicted molar refractivity (Wildman–Crippen MR) is 131 cm³/mol. The number of likely N-dealkylation sites (tertiary alicyclic amines) is 1. The maximum Gasteiger partial charge on any atom is 0.149 e. The van der Waals surface area contributed by atoms with Gasteiger partial charge in [-0.15, -0.1) is 6.42 Å². The molecule has 4 aromatic rings. The van der Waals surface area contributed by atoms with Crippen molar-refractivity contribution in [2.24, 2.45) is 5.41 Å². The molecule has 2 aliphatic heterocycles. The van der Waals surface area contributed by atoms with Gasteiger partial charge in [0.2, 0.25) is 0 Å². The molecule has 0 unspecified atom stereocenters. The van der Waals surface area contributed by atoms with Crippen LogP contribution in [0.25, 0.3) is 32.9 Å². The van der Waals surface area contributed by atoms with Crippen molar-refractivity contribution in [3.63, 3.8) is 0 Å². The molecule has 4 heterocycles. The highest BCUT2D eigenvalue weighted by atomic mass is 19.1. The minimum atomic E-state index is -0.390. The molecule has 168 valence electrons. The van der Waals surface area contributed by atoms with Crippen LogP contribution in [0.1, 0.15) is 17.5 Å². The van der Waals surface area contributed by atoms with Crippen molar-refractivity contribution < 1.29 is 4.39 Å². The Hall–Kier alpha value is -3.94. The maximum absolute atomic E-state index is 15.1. The third-order valence-corrected chi connectivity index (χ3v) is 7.31. The first-order valence-electron chi connectivity index (χ1n) is 11.4. The number of terminal acetylenes is 1. The minimum Gasteiger partial charge on any atom is -0.355 e. The predicted octanol–water partition coefficient (Wildman–Crippen LogP) is 4.24. The SMILES string of the molecule is C#CCN1CC2(CCN(c3nc4c(F)cccc4c(-c4c(C)ccc5[nH]ncc45)c3C#N)C2)C1. The Morgan fingerprint density at radius 2 is 2.03 bits per heavy atom. The number of H-pyrrole nitrogens is 1. The molecule has 2 aliphatic rings. The smallest absolute Gasteiger partial charge is 0.149 e. The number of rotatable bonds is 3. The first kappa shape index (κ1) is 20.7. The van der Waals surface area contributed by atoms with E-state index in [1.807, 2.05) is 25.1 Å².